The normalized spacial score (nSPS) is 13.7. The van der Waals surface area contributed by atoms with Crippen molar-refractivity contribution < 1.29 is 9.13 Å². The maximum Gasteiger partial charge on any atom is 0.245 e. The van der Waals surface area contributed by atoms with Crippen LogP contribution >= 0.6 is 11.6 Å². The molecule has 36 heavy (non-hydrogen) atoms. The lowest BCUT2D eigenvalue weighted by Gasteiger charge is -2.27. The van der Waals surface area contributed by atoms with Gasteiger partial charge < -0.3 is 15.0 Å². The Morgan fingerprint density at radius 1 is 1.03 bits per heavy atom. The van der Waals surface area contributed by atoms with Crippen molar-refractivity contribution in [2.45, 2.75) is 0 Å². The fourth-order valence-corrected chi connectivity index (χ4v) is 3.93. The number of nitrogens with one attached hydrogen (secondary N) is 2. The van der Waals surface area contributed by atoms with Crippen molar-refractivity contribution in [1.29, 1.82) is 0 Å². The third kappa shape index (κ3) is 5.73. The van der Waals surface area contributed by atoms with Crippen molar-refractivity contribution in [3.63, 3.8) is 0 Å². The van der Waals surface area contributed by atoms with E-state index in [4.69, 9.17) is 16.3 Å². The van der Waals surface area contributed by atoms with Crippen molar-refractivity contribution in [3.8, 4) is 11.1 Å². The van der Waals surface area contributed by atoms with Crippen LogP contribution in [0.5, 0.6) is 0 Å². The zero-order chi connectivity index (χ0) is 24.7. The zero-order valence-electron chi connectivity index (χ0n) is 19.1. The summed E-state index contributed by atoms with van der Waals surface area (Å²) in [4.78, 5) is 18.5. The lowest BCUT2D eigenvalue weighted by Crippen LogP contribution is -2.37. The van der Waals surface area contributed by atoms with Gasteiger partial charge in [0.1, 0.15) is 0 Å². The van der Waals surface area contributed by atoms with E-state index in [1.807, 2.05) is 47.4 Å². The van der Waals surface area contributed by atoms with Gasteiger partial charge in [-0.3, -0.25) is 9.97 Å². The minimum atomic E-state index is -0.482. The Hall–Kier alpha value is -4.15. The van der Waals surface area contributed by atoms with E-state index < -0.39 is 5.82 Å². The molecule has 0 spiro atoms. The summed E-state index contributed by atoms with van der Waals surface area (Å²) in [6.07, 6.45) is 7.85. The molecule has 0 saturated carbocycles. The van der Waals surface area contributed by atoms with Crippen molar-refractivity contribution in [2.24, 2.45) is 5.10 Å². The summed E-state index contributed by atoms with van der Waals surface area (Å²) < 4.78 is 19.5. The molecular formula is C25H22ClFN8O. The third-order valence-electron chi connectivity index (χ3n) is 5.41. The van der Waals surface area contributed by atoms with E-state index in [1.165, 1.54) is 6.21 Å². The summed E-state index contributed by atoms with van der Waals surface area (Å²) in [5, 5.41) is 8.02. The summed E-state index contributed by atoms with van der Waals surface area (Å²) in [5.74, 6) is -0.0589. The monoisotopic (exact) mass is 504 g/mol. The van der Waals surface area contributed by atoms with Crippen LogP contribution in [0.2, 0.25) is 5.02 Å². The first-order valence-corrected chi connectivity index (χ1v) is 11.6. The average molecular weight is 505 g/mol. The molecule has 0 bridgehead atoms. The van der Waals surface area contributed by atoms with Crippen LogP contribution in [0.1, 0.15) is 5.69 Å². The molecule has 0 unspecified atom stereocenters. The van der Waals surface area contributed by atoms with Gasteiger partial charge in [-0.15, -0.1) is 0 Å². The summed E-state index contributed by atoms with van der Waals surface area (Å²) in [7, 11) is 0. The van der Waals surface area contributed by atoms with Crippen LogP contribution < -0.4 is 15.6 Å². The predicted octanol–water partition coefficient (Wildman–Crippen LogP) is 4.75. The Bertz CT molecular complexity index is 1350. The van der Waals surface area contributed by atoms with Crippen LogP contribution in [0.25, 0.3) is 11.1 Å². The molecule has 4 heterocycles. The lowest BCUT2D eigenvalue weighted by molar-refractivity contribution is 0.122. The van der Waals surface area contributed by atoms with Gasteiger partial charge in [0, 0.05) is 42.3 Å². The van der Waals surface area contributed by atoms with Crippen LogP contribution in [0.15, 0.2) is 72.4 Å². The van der Waals surface area contributed by atoms with E-state index in [9.17, 15) is 4.39 Å². The number of pyridine rings is 2. The van der Waals surface area contributed by atoms with E-state index in [0.717, 1.165) is 28.7 Å². The number of hydrazone groups is 1. The molecule has 182 valence electrons. The lowest BCUT2D eigenvalue weighted by atomic mass is 10.1. The molecule has 5 rings (SSSR count). The highest BCUT2D eigenvalue weighted by molar-refractivity contribution is 6.33. The van der Waals surface area contributed by atoms with Gasteiger partial charge >= 0.3 is 0 Å². The minimum Gasteiger partial charge on any atom is -0.378 e. The first-order chi connectivity index (χ1) is 17.7. The van der Waals surface area contributed by atoms with Gasteiger partial charge in [-0.1, -0.05) is 23.7 Å². The van der Waals surface area contributed by atoms with Gasteiger partial charge in [0.2, 0.25) is 5.95 Å². The molecule has 0 radical (unpaired) electrons. The van der Waals surface area contributed by atoms with Gasteiger partial charge in [0.05, 0.1) is 48.2 Å². The molecule has 1 aromatic carbocycles. The topological polar surface area (TPSA) is 100 Å². The van der Waals surface area contributed by atoms with Gasteiger partial charge in [-0.2, -0.15) is 10.1 Å². The Morgan fingerprint density at radius 3 is 2.64 bits per heavy atom. The minimum absolute atomic E-state index is 0.194. The molecule has 0 amide bonds. The molecular weight excluding hydrogens is 483 g/mol. The number of ether oxygens (including phenoxy) is 1. The summed E-state index contributed by atoms with van der Waals surface area (Å²) in [5.41, 5.74) is 6.84. The molecule has 1 fully saturated rings. The Labute approximate surface area is 212 Å². The molecule has 0 atom stereocenters. The van der Waals surface area contributed by atoms with E-state index in [1.54, 1.807) is 18.6 Å². The molecule has 2 N–H and O–H groups in total. The SMILES string of the molecule is Fc1cnc(N/N=C/c2ccc(Nc3ccc(-c4cccnc4)c(Cl)c3)cn2)nc1N1CCOCC1. The summed E-state index contributed by atoms with van der Waals surface area (Å²) in [6.45, 7) is 2.21. The number of rotatable bonds is 7. The number of nitrogens with zero attached hydrogens (tertiary/aromatic N) is 6. The largest absolute Gasteiger partial charge is 0.378 e. The number of morpholine rings is 1. The molecule has 3 aromatic heterocycles. The second-order valence-corrected chi connectivity index (χ2v) is 8.27. The highest BCUT2D eigenvalue weighted by Gasteiger charge is 2.17. The van der Waals surface area contributed by atoms with Crippen molar-refractivity contribution >= 4 is 41.0 Å². The molecule has 1 aliphatic rings. The molecule has 9 nitrogen and oxygen atoms in total. The smallest absolute Gasteiger partial charge is 0.245 e. The maximum atomic E-state index is 14.2. The number of benzene rings is 1. The van der Waals surface area contributed by atoms with Gasteiger partial charge in [-0.05, 0) is 30.3 Å². The number of hydrogen-bond donors (Lipinski definition) is 2. The Kier molecular flexibility index (Phi) is 7.25. The van der Waals surface area contributed by atoms with Gasteiger partial charge in [0.15, 0.2) is 11.6 Å². The van der Waals surface area contributed by atoms with Crippen LogP contribution in [0.3, 0.4) is 0 Å². The molecule has 1 saturated heterocycles. The molecule has 1 aliphatic heterocycles. The number of anilines is 4. The summed E-state index contributed by atoms with van der Waals surface area (Å²) >= 11 is 6.48. The van der Waals surface area contributed by atoms with Crippen molar-refractivity contribution in [2.75, 3.05) is 41.9 Å². The van der Waals surface area contributed by atoms with Crippen LogP contribution in [-0.4, -0.2) is 52.5 Å². The first-order valence-electron chi connectivity index (χ1n) is 11.2. The fourth-order valence-electron chi connectivity index (χ4n) is 3.64. The quantitative estimate of drug-likeness (QED) is 0.275. The zero-order valence-corrected chi connectivity index (χ0v) is 19.9. The van der Waals surface area contributed by atoms with Crippen molar-refractivity contribution in [3.05, 3.63) is 83.8 Å². The maximum absolute atomic E-state index is 14.2. The Morgan fingerprint density at radius 2 is 1.89 bits per heavy atom. The highest BCUT2D eigenvalue weighted by Crippen LogP contribution is 2.30. The predicted molar refractivity (Wildman–Crippen MR) is 138 cm³/mol. The van der Waals surface area contributed by atoms with Crippen LogP contribution in [-0.2, 0) is 4.74 Å². The third-order valence-corrected chi connectivity index (χ3v) is 5.73. The van der Waals surface area contributed by atoms with E-state index in [2.05, 4.69) is 35.8 Å². The van der Waals surface area contributed by atoms with E-state index in [0.29, 0.717) is 37.0 Å². The molecule has 4 aromatic rings. The second kappa shape index (κ2) is 11.1. The molecule has 0 aliphatic carbocycles. The number of aromatic nitrogens is 4. The van der Waals surface area contributed by atoms with E-state index >= 15 is 0 Å². The standard InChI is InChI=1S/C25H22ClFN8O/c26-22-12-18(5-6-21(22)17-2-1-7-28-13-17)32-20-4-3-19(29-14-20)15-31-34-25-30-16-23(27)24(33-25)35-8-10-36-11-9-35/h1-7,12-16,32H,8-11H2,(H,30,33,34)/b31-15+. The molecule has 11 heteroatoms. The first kappa shape index (κ1) is 23.6. The highest BCUT2D eigenvalue weighted by atomic mass is 35.5. The van der Waals surface area contributed by atoms with Gasteiger partial charge in [0.25, 0.3) is 0 Å². The van der Waals surface area contributed by atoms with Crippen LogP contribution in [0, 0.1) is 5.82 Å². The average Bonchev–Trinajstić information content (AvgIpc) is 2.92. The number of halogens is 2. The van der Waals surface area contributed by atoms with E-state index in [-0.39, 0.29) is 11.8 Å². The number of hydrogen-bond acceptors (Lipinski definition) is 9. The van der Waals surface area contributed by atoms with Crippen LogP contribution in [0.4, 0.5) is 27.5 Å². The Balaban J connectivity index is 1.20. The summed E-state index contributed by atoms with van der Waals surface area (Å²) in [6, 6.07) is 13.3. The van der Waals surface area contributed by atoms with Gasteiger partial charge in [-0.25, -0.2) is 14.8 Å². The van der Waals surface area contributed by atoms with Crippen molar-refractivity contribution in [1.82, 2.24) is 19.9 Å². The fraction of sp³-hybridized carbons (Fsp3) is 0.160. The second-order valence-electron chi connectivity index (χ2n) is 7.87.